The second-order valence-electron chi connectivity index (χ2n) is 6.98. The molecule has 3 rings (SSSR count). The fraction of sp³-hybridized carbons (Fsp3) is 0.261. The molecule has 7 heteroatoms. The molecule has 1 aromatic heterocycles. The van der Waals surface area contributed by atoms with E-state index in [4.69, 9.17) is 14.2 Å². The standard InChI is InChI=1S/C23H23NO6/c1-13(2)30-16-7-5-6-14(8-16)23(27)22-18-11-20(29-4)19(28-3)10-17(18)15(12-24-22)9-21(25)26/h5-8,10-13H,9H2,1-4H3,(H,25,26). The van der Waals surface area contributed by atoms with Gasteiger partial charge in [-0.3, -0.25) is 14.6 Å². The second-order valence-corrected chi connectivity index (χ2v) is 6.98. The lowest BCUT2D eigenvalue weighted by atomic mass is 9.98. The van der Waals surface area contributed by atoms with Gasteiger partial charge in [-0.15, -0.1) is 0 Å². The number of benzene rings is 2. The van der Waals surface area contributed by atoms with Crippen molar-refractivity contribution in [3.05, 3.63) is 59.4 Å². The quantitative estimate of drug-likeness (QED) is 0.564. The zero-order valence-electron chi connectivity index (χ0n) is 17.3. The Morgan fingerprint density at radius 2 is 1.70 bits per heavy atom. The molecule has 0 aliphatic rings. The molecular weight excluding hydrogens is 386 g/mol. The Morgan fingerprint density at radius 1 is 1.03 bits per heavy atom. The number of carbonyl (C=O) groups excluding carboxylic acids is 1. The third-order valence-electron chi connectivity index (χ3n) is 4.50. The van der Waals surface area contributed by atoms with Gasteiger partial charge in [0, 0.05) is 17.1 Å². The number of ketones is 1. The monoisotopic (exact) mass is 409 g/mol. The summed E-state index contributed by atoms with van der Waals surface area (Å²) in [4.78, 5) is 28.9. The van der Waals surface area contributed by atoms with Gasteiger partial charge in [-0.05, 0) is 49.1 Å². The van der Waals surface area contributed by atoms with Crippen LogP contribution < -0.4 is 14.2 Å². The molecule has 30 heavy (non-hydrogen) atoms. The molecule has 0 saturated heterocycles. The Balaban J connectivity index is 2.18. The van der Waals surface area contributed by atoms with Crippen molar-refractivity contribution in [3.8, 4) is 17.2 Å². The van der Waals surface area contributed by atoms with E-state index < -0.39 is 5.97 Å². The number of nitrogens with zero attached hydrogens (tertiary/aromatic N) is 1. The number of carboxylic acids is 1. The van der Waals surface area contributed by atoms with E-state index >= 15 is 0 Å². The minimum Gasteiger partial charge on any atom is -0.493 e. The molecule has 156 valence electrons. The van der Waals surface area contributed by atoms with Crippen LogP contribution in [0.5, 0.6) is 17.2 Å². The number of fused-ring (bicyclic) bond motifs is 1. The zero-order valence-corrected chi connectivity index (χ0v) is 17.3. The first-order valence-electron chi connectivity index (χ1n) is 9.40. The van der Waals surface area contributed by atoms with Crippen LogP contribution in [-0.2, 0) is 11.2 Å². The highest BCUT2D eigenvalue weighted by molar-refractivity contribution is 6.16. The van der Waals surface area contributed by atoms with Gasteiger partial charge in [0.05, 0.1) is 26.7 Å². The first-order chi connectivity index (χ1) is 14.3. The van der Waals surface area contributed by atoms with Crippen molar-refractivity contribution < 1.29 is 28.9 Å². The average Bonchev–Trinajstić information content (AvgIpc) is 2.71. The van der Waals surface area contributed by atoms with Crippen molar-refractivity contribution in [1.82, 2.24) is 4.98 Å². The van der Waals surface area contributed by atoms with Gasteiger partial charge in [-0.25, -0.2) is 0 Å². The first-order valence-corrected chi connectivity index (χ1v) is 9.40. The Bertz CT molecular complexity index is 1110. The van der Waals surface area contributed by atoms with Gasteiger partial charge < -0.3 is 19.3 Å². The van der Waals surface area contributed by atoms with Gasteiger partial charge in [0.15, 0.2) is 11.5 Å². The molecule has 0 aliphatic carbocycles. The van der Waals surface area contributed by atoms with Crippen LogP contribution in [0.1, 0.15) is 35.5 Å². The lowest BCUT2D eigenvalue weighted by Gasteiger charge is -2.14. The van der Waals surface area contributed by atoms with E-state index in [9.17, 15) is 14.7 Å². The largest absolute Gasteiger partial charge is 0.493 e. The van der Waals surface area contributed by atoms with Crippen molar-refractivity contribution in [3.63, 3.8) is 0 Å². The highest BCUT2D eigenvalue weighted by Gasteiger charge is 2.20. The first kappa shape index (κ1) is 21.1. The van der Waals surface area contributed by atoms with Gasteiger partial charge in [-0.2, -0.15) is 0 Å². The number of carboxylic acid groups (broad SMARTS) is 1. The van der Waals surface area contributed by atoms with E-state index in [1.807, 2.05) is 13.8 Å². The highest BCUT2D eigenvalue weighted by Crippen LogP contribution is 2.35. The molecule has 0 aliphatic heterocycles. The van der Waals surface area contributed by atoms with E-state index in [0.29, 0.717) is 39.1 Å². The molecule has 0 atom stereocenters. The SMILES string of the molecule is COc1cc2c(CC(=O)O)cnc(C(=O)c3cccc(OC(C)C)c3)c2cc1OC. The van der Waals surface area contributed by atoms with Crippen LogP contribution in [0.25, 0.3) is 10.8 Å². The average molecular weight is 409 g/mol. The van der Waals surface area contributed by atoms with E-state index in [0.717, 1.165) is 0 Å². The number of hydrogen-bond acceptors (Lipinski definition) is 6. The Kier molecular flexibility index (Phi) is 6.20. The van der Waals surface area contributed by atoms with Crippen molar-refractivity contribution in [2.75, 3.05) is 14.2 Å². The Hall–Kier alpha value is -3.61. The van der Waals surface area contributed by atoms with Crippen molar-refractivity contribution in [1.29, 1.82) is 0 Å². The van der Waals surface area contributed by atoms with Crippen molar-refractivity contribution in [2.24, 2.45) is 0 Å². The molecule has 0 saturated carbocycles. The van der Waals surface area contributed by atoms with Crippen LogP contribution in [-0.4, -0.2) is 42.2 Å². The van der Waals surface area contributed by atoms with E-state index in [2.05, 4.69) is 4.98 Å². The van der Waals surface area contributed by atoms with E-state index in [1.165, 1.54) is 20.4 Å². The number of aromatic nitrogens is 1. The van der Waals surface area contributed by atoms with E-state index in [-0.39, 0.29) is 24.0 Å². The summed E-state index contributed by atoms with van der Waals surface area (Å²) in [6.07, 6.45) is 1.16. The minimum absolute atomic E-state index is 0.0265. The second kappa shape index (κ2) is 8.82. The third kappa shape index (κ3) is 4.35. The number of rotatable bonds is 8. The summed E-state index contributed by atoms with van der Waals surface area (Å²) in [5.74, 6) is 0.148. The molecule has 0 spiro atoms. The lowest BCUT2D eigenvalue weighted by molar-refractivity contribution is -0.136. The summed E-state index contributed by atoms with van der Waals surface area (Å²) < 4.78 is 16.4. The van der Waals surface area contributed by atoms with Crippen molar-refractivity contribution >= 4 is 22.5 Å². The fourth-order valence-corrected chi connectivity index (χ4v) is 3.23. The Labute approximate surface area is 174 Å². The molecule has 0 amide bonds. The predicted octanol–water partition coefficient (Wildman–Crippen LogP) is 3.90. The van der Waals surface area contributed by atoms with Crippen LogP contribution in [0.2, 0.25) is 0 Å². The maximum absolute atomic E-state index is 13.3. The third-order valence-corrected chi connectivity index (χ3v) is 4.50. The van der Waals surface area contributed by atoms with Gasteiger partial charge >= 0.3 is 5.97 Å². The predicted molar refractivity (Wildman–Crippen MR) is 112 cm³/mol. The van der Waals surface area contributed by atoms with Crippen LogP contribution in [0.3, 0.4) is 0 Å². The topological polar surface area (TPSA) is 95.0 Å². The molecule has 0 radical (unpaired) electrons. The van der Waals surface area contributed by atoms with Gasteiger partial charge in [-0.1, -0.05) is 12.1 Å². The zero-order chi connectivity index (χ0) is 21.8. The number of hydrogen-bond donors (Lipinski definition) is 1. The molecule has 1 N–H and O–H groups in total. The minimum atomic E-state index is -0.995. The molecule has 0 fully saturated rings. The molecule has 0 bridgehead atoms. The van der Waals surface area contributed by atoms with Crippen LogP contribution in [0, 0.1) is 0 Å². The number of aliphatic carboxylic acids is 1. The van der Waals surface area contributed by atoms with Gasteiger partial charge in [0.25, 0.3) is 0 Å². The van der Waals surface area contributed by atoms with E-state index in [1.54, 1.807) is 36.4 Å². The van der Waals surface area contributed by atoms with Gasteiger partial charge in [0.2, 0.25) is 5.78 Å². The lowest BCUT2D eigenvalue weighted by Crippen LogP contribution is -2.10. The summed E-state index contributed by atoms with van der Waals surface area (Å²) >= 11 is 0. The smallest absolute Gasteiger partial charge is 0.307 e. The summed E-state index contributed by atoms with van der Waals surface area (Å²) in [7, 11) is 2.99. The number of pyridine rings is 1. The van der Waals surface area contributed by atoms with Crippen molar-refractivity contribution in [2.45, 2.75) is 26.4 Å². The highest BCUT2D eigenvalue weighted by atomic mass is 16.5. The summed E-state index contributed by atoms with van der Waals surface area (Å²) in [6.45, 7) is 3.81. The number of methoxy groups -OCH3 is 2. The van der Waals surface area contributed by atoms with Crippen LogP contribution in [0.4, 0.5) is 0 Å². The Morgan fingerprint density at radius 3 is 2.30 bits per heavy atom. The fourth-order valence-electron chi connectivity index (χ4n) is 3.23. The summed E-state index contributed by atoms with van der Waals surface area (Å²) in [5, 5.41) is 10.3. The van der Waals surface area contributed by atoms with Crippen LogP contribution >= 0.6 is 0 Å². The molecule has 2 aromatic carbocycles. The molecule has 1 heterocycles. The normalized spacial score (nSPS) is 10.8. The molecule has 3 aromatic rings. The summed E-state index contributed by atoms with van der Waals surface area (Å²) in [5.41, 5.74) is 1.09. The maximum atomic E-state index is 13.3. The van der Waals surface area contributed by atoms with Gasteiger partial charge in [0.1, 0.15) is 11.4 Å². The molecule has 7 nitrogen and oxygen atoms in total. The summed E-state index contributed by atoms with van der Waals surface area (Å²) in [6, 6.07) is 10.2. The maximum Gasteiger partial charge on any atom is 0.307 e. The molecular formula is C23H23NO6. The number of carbonyl (C=O) groups is 2. The molecule has 0 unspecified atom stereocenters. The van der Waals surface area contributed by atoms with Crippen LogP contribution in [0.15, 0.2) is 42.6 Å². The number of ether oxygens (including phenoxy) is 3.